The second-order valence-electron chi connectivity index (χ2n) is 4.10. The van der Waals surface area contributed by atoms with E-state index in [4.69, 9.17) is 5.11 Å². The van der Waals surface area contributed by atoms with Gasteiger partial charge in [0.05, 0.1) is 19.3 Å². The summed E-state index contributed by atoms with van der Waals surface area (Å²) in [4.78, 5) is 0. The first-order valence-corrected chi connectivity index (χ1v) is 5.61. The van der Waals surface area contributed by atoms with Crippen molar-refractivity contribution in [3.63, 3.8) is 0 Å². The Morgan fingerprint density at radius 3 is 2.61 bits per heavy atom. The van der Waals surface area contributed by atoms with Crippen LogP contribution in [-0.4, -0.2) is 14.9 Å². The van der Waals surface area contributed by atoms with Crippen molar-refractivity contribution in [1.82, 2.24) is 9.78 Å². The van der Waals surface area contributed by atoms with Crippen molar-refractivity contribution in [3.8, 4) is 0 Å². The molecule has 2 aromatic rings. The number of halogens is 2. The van der Waals surface area contributed by atoms with Crippen LogP contribution in [0.1, 0.15) is 28.8 Å². The fraction of sp³-hybridized carbons (Fsp3) is 0.308. The van der Waals surface area contributed by atoms with Crippen LogP contribution >= 0.6 is 0 Å². The molecular weight excluding hydrogens is 238 g/mol. The molecule has 0 unspecified atom stereocenters. The monoisotopic (exact) mass is 252 g/mol. The molecule has 0 bridgehead atoms. The average molecular weight is 252 g/mol. The predicted octanol–water partition coefficient (Wildman–Crippen LogP) is 2.67. The first kappa shape index (κ1) is 12.7. The molecule has 1 N–H and O–H groups in total. The highest BCUT2D eigenvalue weighted by atomic mass is 19.3. The third-order valence-corrected chi connectivity index (χ3v) is 2.92. The molecule has 0 aliphatic carbocycles. The Hall–Kier alpha value is -1.75. The van der Waals surface area contributed by atoms with Crippen molar-refractivity contribution in [2.45, 2.75) is 26.5 Å². The van der Waals surface area contributed by atoms with Crippen LogP contribution < -0.4 is 0 Å². The molecule has 0 atom stereocenters. The van der Waals surface area contributed by atoms with Gasteiger partial charge in [0.2, 0.25) is 0 Å². The number of aromatic nitrogens is 2. The number of hydrogen-bond acceptors (Lipinski definition) is 2. The lowest BCUT2D eigenvalue weighted by atomic mass is 10.1. The summed E-state index contributed by atoms with van der Waals surface area (Å²) in [7, 11) is 0. The average Bonchev–Trinajstić information content (AvgIpc) is 2.75. The molecule has 0 aliphatic rings. The highest BCUT2D eigenvalue weighted by Crippen LogP contribution is 2.24. The maximum atomic E-state index is 12.9. The second kappa shape index (κ2) is 5.27. The van der Waals surface area contributed by atoms with Crippen molar-refractivity contribution >= 4 is 0 Å². The Labute approximate surface area is 104 Å². The van der Waals surface area contributed by atoms with E-state index < -0.39 is 13.0 Å². The largest absolute Gasteiger partial charge is 0.392 e. The van der Waals surface area contributed by atoms with Gasteiger partial charge in [0.15, 0.2) is 0 Å². The number of rotatable bonds is 4. The summed E-state index contributed by atoms with van der Waals surface area (Å²) in [5.41, 5.74) is 1.94. The van der Waals surface area contributed by atoms with Gasteiger partial charge in [0.25, 0.3) is 6.43 Å². The van der Waals surface area contributed by atoms with Crippen LogP contribution in [0.2, 0.25) is 0 Å². The lowest BCUT2D eigenvalue weighted by molar-refractivity contribution is 0.135. The number of benzene rings is 1. The minimum Gasteiger partial charge on any atom is -0.392 e. The third kappa shape index (κ3) is 2.41. The summed E-state index contributed by atoms with van der Waals surface area (Å²) in [6.45, 7) is 1.79. The van der Waals surface area contributed by atoms with Crippen molar-refractivity contribution < 1.29 is 13.9 Å². The summed E-state index contributed by atoms with van der Waals surface area (Å²) in [5.74, 6) is 0. The van der Waals surface area contributed by atoms with Gasteiger partial charge in [-0.15, -0.1) is 0 Å². The van der Waals surface area contributed by atoms with E-state index in [1.165, 1.54) is 10.9 Å². The Kier molecular flexibility index (Phi) is 3.72. The molecule has 2 rings (SSSR count). The molecule has 0 radical (unpaired) electrons. The van der Waals surface area contributed by atoms with Crippen molar-refractivity contribution in [2.75, 3.05) is 0 Å². The quantitative estimate of drug-likeness (QED) is 0.908. The zero-order valence-corrected chi connectivity index (χ0v) is 9.98. The molecule has 1 aromatic carbocycles. The van der Waals surface area contributed by atoms with Gasteiger partial charge in [-0.25, -0.2) is 8.78 Å². The number of nitrogens with zero attached hydrogens (tertiary/aromatic N) is 2. The normalized spacial score (nSPS) is 11.2. The summed E-state index contributed by atoms with van der Waals surface area (Å²) in [6, 6.07) is 7.56. The van der Waals surface area contributed by atoms with Crippen molar-refractivity contribution in [3.05, 3.63) is 52.8 Å². The second-order valence-corrected chi connectivity index (χ2v) is 4.10. The topological polar surface area (TPSA) is 38.0 Å². The number of aryl methyl sites for hydroxylation is 1. The van der Waals surface area contributed by atoms with Gasteiger partial charge in [-0.1, -0.05) is 24.3 Å². The Morgan fingerprint density at radius 2 is 2.00 bits per heavy atom. The molecule has 0 saturated carbocycles. The molecule has 0 spiro atoms. The molecule has 1 aromatic heterocycles. The van der Waals surface area contributed by atoms with Crippen molar-refractivity contribution in [2.24, 2.45) is 0 Å². The minimum absolute atomic E-state index is 0.179. The lowest BCUT2D eigenvalue weighted by Gasteiger charge is -2.10. The van der Waals surface area contributed by atoms with Crippen molar-refractivity contribution in [1.29, 1.82) is 0 Å². The molecule has 5 heteroatoms. The Morgan fingerprint density at radius 1 is 1.28 bits per heavy atom. The predicted molar refractivity (Wildman–Crippen MR) is 63.4 cm³/mol. The van der Waals surface area contributed by atoms with Gasteiger partial charge in [-0.2, -0.15) is 5.10 Å². The maximum Gasteiger partial charge on any atom is 0.280 e. The van der Waals surface area contributed by atoms with Crippen LogP contribution in [0.4, 0.5) is 8.78 Å². The summed E-state index contributed by atoms with van der Waals surface area (Å²) >= 11 is 0. The van der Waals surface area contributed by atoms with Crippen LogP contribution in [0.25, 0.3) is 0 Å². The van der Waals surface area contributed by atoms with E-state index in [0.717, 1.165) is 11.1 Å². The van der Waals surface area contributed by atoms with Gasteiger partial charge in [-0.05, 0) is 18.1 Å². The van der Waals surface area contributed by atoms with E-state index in [2.05, 4.69) is 5.10 Å². The number of alkyl halides is 2. The van der Waals surface area contributed by atoms with E-state index in [-0.39, 0.29) is 17.8 Å². The molecule has 1 heterocycles. The molecule has 0 aliphatic heterocycles. The zero-order chi connectivity index (χ0) is 13.1. The number of aliphatic hydroxyl groups excluding tert-OH is 1. The smallest absolute Gasteiger partial charge is 0.280 e. The fourth-order valence-corrected chi connectivity index (χ4v) is 1.88. The van der Waals surface area contributed by atoms with Gasteiger partial charge < -0.3 is 5.11 Å². The van der Waals surface area contributed by atoms with Gasteiger partial charge in [0.1, 0.15) is 5.69 Å². The summed E-state index contributed by atoms with van der Waals surface area (Å²) in [5, 5.41) is 12.9. The molecular formula is C13H14F2N2O. The summed E-state index contributed by atoms with van der Waals surface area (Å²) < 4.78 is 27.1. The number of aliphatic hydroxyl groups is 1. The van der Waals surface area contributed by atoms with E-state index in [1.54, 1.807) is 0 Å². The van der Waals surface area contributed by atoms with Crippen LogP contribution in [0, 0.1) is 6.92 Å². The Balaban J connectivity index is 2.35. The summed E-state index contributed by atoms with van der Waals surface area (Å²) in [6.07, 6.45) is -1.35. The SMILES string of the molecule is Cc1ccccc1Cn1ncc(CO)c1C(F)F. The molecule has 0 saturated heterocycles. The van der Waals surface area contributed by atoms with Crippen LogP contribution in [0.3, 0.4) is 0 Å². The molecule has 96 valence electrons. The van der Waals surface area contributed by atoms with Crippen LogP contribution in [-0.2, 0) is 13.2 Å². The highest BCUT2D eigenvalue weighted by molar-refractivity contribution is 5.27. The van der Waals surface area contributed by atoms with E-state index in [0.29, 0.717) is 0 Å². The van der Waals surface area contributed by atoms with Crippen LogP contribution in [0.5, 0.6) is 0 Å². The van der Waals surface area contributed by atoms with E-state index in [1.807, 2.05) is 31.2 Å². The Bertz CT molecular complexity index is 538. The lowest BCUT2D eigenvalue weighted by Crippen LogP contribution is -2.09. The first-order valence-electron chi connectivity index (χ1n) is 5.61. The standard InChI is InChI=1S/C13H14F2N2O/c1-9-4-2-3-5-10(9)7-17-12(13(14)15)11(8-18)6-16-17/h2-6,13,18H,7-8H2,1H3. The molecule has 0 fully saturated rings. The zero-order valence-electron chi connectivity index (χ0n) is 9.98. The van der Waals surface area contributed by atoms with Gasteiger partial charge in [-0.3, -0.25) is 4.68 Å². The van der Waals surface area contributed by atoms with Gasteiger partial charge in [0, 0.05) is 5.56 Å². The molecule has 18 heavy (non-hydrogen) atoms. The minimum atomic E-state index is -2.64. The first-order chi connectivity index (χ1) is 8.63. The van der Waals surface area contributed by atoms with Crippen LogP contribution in [0.15, 0.2) is 30.5 Å². The highest BCUT2D eigenvalue weighted by Gasteiger charge is 2.19. The van der Waals surface area contributed by atoms with E-state index in [9.17, 15) is 8.78 Å². The third-order valence-electron chi connectivity index (χ3n) is 2.92. The fourth-order valence-electron chi connectivity index (χ4n) is 1.88. The molecule has 0 amide bonds. The maximum absolute atomic E-state index is 12.9. The van der Waals surface area contributed by atoms with Gasteiger partial charge >= 0.3 is 0 Å². The van der Waals surface area contributed by atoms with E-state index >= 15 is 0 Å². The number of hydrogen-bond donors (Lipinski definition) is 1. The molecule has 3 nitrogen and oxygen atoms in total.